The zero-order valence-corrected chi connectivity index (χ0v) is 36.7. The first-order valence-corrected chi connectivity index (χ1v) is 21.7. The van der Waals surface area contributed by atoms with Gasteiger partial charge >= 0.3 is 0 Å². The Labute approximate surface area is 368 Å². The number of carbonyl (C=O) groups excluding carboxylic acids is 5. The molecule has 1 saturated carbocycles. The molecule has 0 radical (unpaired) electrons. The number of aliphatic hydroxyl groups excluding tert-OH is 1. The maximum atomic E-state index is 13.5. The van der Waals surface area contributed by atoms with Gasteiger partial charge in [0.25, 0.3) is 17.7 Å². The zero-order chi connectivity index (χ0) is 44.8. The number of allylic oxidation sites excluding steroid dienone is 4. The molecule has 1 unspecified atom stereocenters. The number of nitriles is 1. The molecular weight excluding hydrogens is 812 g/mol. The molecule has 0 spiro atoms. The van der Waals surface area contributed by atoms with Gasteiger partial charge in [0, 0.05) is 66.8 Å². The molecule has 3 heterocycles. The molecule has 0 aromatic heterocycles. The largest absolute Gasteiger partial charge is 0.494 e. The van der Waals surface area contributed by atoms with Gasteiger partial charge < -0.3 is 24.8 Å². The number of nitrogens with one attached hydrogen (secondary N) is 2. The summed E-state index contributed by atoms with van der Waals surface area (Å²) in [5, 5.41) is 25.0. The smallest absolute Gasteiger partial charge is 0.262 e. The highest BCUT2D eigenvalue weighted by Gasteiger charge is 2.63. The van der Waals surface area contributed by atoms with Gasteiger partial charge in [-0.15, -0.1) is 0 Å². The Morgan fingerprint density at radius 3 is 2.44 bits per heavy atom. The first-order valence-electron chi connectivity index (χ1n) is 21.3. The molecule has 330 valence electrons. The van der Waals surface area contributed by atoms with Gasteiger partial charge in [-0.2, -0.15) is 5.26 Å². The summed E-state index contributed by atoms with van der Waals surface area (Å²) >= 11 is 6.29. The Kier molecular flexibility index (Phi) is 14.7. The molecule has 4 aliphatic rings. The average molecular weight is 869 g/mol. The molecule has 3 N–H and O–H groups in total. The fourth-order valence-electron chi connectivity index (χ4n) is 9.75. The number of anilines is 1. The maximum absolute atomic E-state index is 13.5. The van der Waals surface area contributed by atoms with Crippen LogP contribution in [0.4, 0.5) is 5.69 Å². The van der Waals surface area contributed by atoms with Gasteiger partial charge in [0.05, 0.1) is 41.1 Å². The topological polar surface area (TPSA) is 182 Å². The minimum absolute atomic E-state index is 0.0621. The van der Waals surface area contributed by atoms with Crippen molar-refractivity contribution in [2.75, 3.05) is 50.9 Å². The Morgan fingerprint density at radius 1 is 1.03 bits per heavy atom. The predicted octanol–water partition coefficient (Wildman–Crippen LogP) is 5.52. The van der Waals surface area contributed by atoms with Crippen LogP contribution in [0.3, 0.4) is 0 Å². The van der Waals surface area contributed by atoms with Crippen LogP contribution in [-0.2, 0) is 14.3 Å². The lowest BCUT2D eigenvalue weighted by Crippen LogP contribution is -2.73. The molecule has 2 saturated heterocycles. The molecule has 2 aromatic carbocycles. The van der Waals surface area contributed by atoms with E-state index in [9.17, 15) is 34.3 Å². The number of piperazine rings is 1. The number of fused-ring (bicyclic) bond motifs is 1. The van der Waals surface area contributed by atoms with Gasteiger partial charge in [0.2, 0.25) is 11.8 Å². The van der Waals surface area contributed by atoms with Gasteiger partial charge in [-0.05, 0) is 93.3 Å². The Bertz CT molecular complexity index is 2140. The number of hydrogen-bond donors (Lipinski definition) is 3. The highest BCUT2D eigenvalue weighted by atomic mass is 35.5. The fraction of sp³-hybridized carbons (Fsp3) is 0.489. The standard InChI is InChI=1S/C47H57ClN6O8/c1-6-10-31(28-49)37(48)20-26-62-45-46(2,3)44(47(45,4)5)51-40(57)30-11-13-32(14-12-30)53-23-22-52(33(29-53)19-24-55)21-8-7-9-25-61-34-15-16-35-36(27-34)43(60)54(42(35)59)38-17-18-39(56)50-41(38)58/h6,10-16,20,27,33,38,44-45,55H,1,7-9,17-19,21-26,29H2,2-5H3,(H,51,57)(H,50,56,58)/b31-10-,37-20+/t33-,38?,44-,45-/m1/s1. The minimum atomic E-state index is -1.01. The molecule has 3 fully saturated rings. The highest BCUT2D eigenvalue weighted by Crippen LogP contribution is 2.55. The van der Waals surface area contributed by atoms with E-state index in [4.69, 9.17) is 21.1 Å². The van der Waals surface area contributed by atoms with E-state index in [1.54, 1.807) is 30.4 Å². The van der Waals surface area contributed by atoms with Crippen LogP contribution in [0.1, 0.15) is 97.3 Å². The number of ether oxygens (including phenoxy) is 2. The summed E-state index contributed by atoms with van der Waals surface area (Å²) in [6.07, 6.45) is 8.02. The number of piperidine rings is 1. The normalized spacial score (nSPS) is 23.6. The van der Waals surface area contributed by atoms with Crippen molar-refractivity contribution in [1.29, 1.82) is 5.26 Å². The summed E-state index contributed by atoms with van der Waals surface area (Å²) < 4.78 is 12.2. The third-order valence-electron chi connectivity index (χ3n) is 12.6. The van der Waals surface area contributed by atoms with E-state index in [1.807, 2.05) is 24.3 Å². The number of hydrogen-bond acceptors (Lipinski definition) is 11. The van der Waals surface area contributed by atoms with Crippen LogP contribution in [-0.4, -0.2) is 115 Å². The van der Waals surface area contributed by atoms with Crippen LogP contribution >= 0.6 is 11.6 Å². The second kappa shape index (κ2) is 19.8. The molecule has 5 amide bonds. The first-order chi connectivity index (χ1) is 29.6. The number of aliphatic hydroxyl groups is 1. The van der Waals surface area contributed by atoms with Crippen molar-refractivity contribution in [1.82, 2.24) is 20.4 Å². The van der Waals surface area contributed by atoms with Crippen LogP contribution in [0.25, 0.3) is 0 Å². The quantitative estimate of drug-likeness (QED) is 0.0743. The third kappa shape index (κ3) is 9.81. The van der Waals surface area contributed by atoms with Crippen LogP contribution in [0, 0.1) is 22.2 Å². The molecular formula is C47H57ClN6O8. The molecule has 1 aliphatic carbocycles. The summed E-state index contributed by atoms with van der Waals surface area (Å²) in [4.78, 5) is 69.3. The summed E-state index contributed by atoms with van der Waals surface area (Å²) in [5.74, 6) is -1.86. The van der Waals surface area contributed by atoms with E-state index in [0.717, 1.165) is 56.0 Å². The number of benzene rings is 2. The van der Waals surface area contributed by atoms with E-state index in [0.29, 0.717) is 34.9 Å². The molecule has 2 aromatic rings. The second-order valence-electron chi connectivity index (χ2n) is 17.5. The van der Waals surface area contributed by atoms with Crippen molar-refractivity contribution in [2.45, 2.75) is 90.4 Å². The predicted molar refractivity (Wildman–Crippen MR) is 235 cm³/mol. The van der Waals surface area contributed by atoms with Gasteiger partial charge in [0.1, 0.15) is 17.9 Å². The molecule has 2 atom stereocenters. The summed E-state index contributed by atoms with van der Waals surface area (Å²) in [6.45, 7) is 15.9. The van der Waals surface area contributed by atoms with E-state index < -0.39 is 29.7 Å². The van der Waals surface area contributed by atoms with Gasteiger partial charge in [-0.25, -0.2) is 0 Å². The van der Waals surface area contributed by atoms with Crippen LogP contribution < -0.4 is 20.3 Å². The lowest BCUT2D eigenvalue weighted by Gasteiger charge is -2.63. The molecule has 0 bridgehead atoms. The van der Waals surface area contributed by atoms with Crippen LogP contribution in [0.5, 0.6) is 5.75 Å². The summed E-state index contributed by atoms with van der Waals surface area (Å²) in [5.41, 5.74) is 1.60. The SMILES string of the molecule is C=C/C=C(C#N)\C(Cl)=C/CO[C@H]1C(C)(C)[C@H](NC(=O)c2ccc(N3CCN(CCCCCOc4ccc5c(c4)C(=O)N(C4CCC(=O)NC4=O)C5=O)[C@H](CCO)C3)cc2)C1(C)C. The van der Waals surface area contributed by atoms with Crippen molar-refractivity contribution in [3.63, 3.8) is 0 Å². The number of halogens is 1. The molecule has 14 nitrogen and oxygen atoms in total. The Morgan fingerprint density at radius 2 is 1.76 bits per heavy atom. The van der Waals surface area contributed by atoms with Crippen molar-refractivity contribution in [2.24, 2.45) is 10.8 Å². The number of imide groups is 2. The highest BCUT2D eigenvalue weighted by molar-refractivity contribution is 6.32. The summed E-state index contributed by atoms with van der Waals surface area (Å²) in [6, 6.07) is 13.5. The fourth-order valence-corrected chi connectivity index (χ4v) is 9.92. The van der Waals surface area contributed by atoms with Crippen molar-refractivity contribution in [3.8, 4) is 11.8 Å². The average Bonchev–Trinajstić information content (AvgIpc) is 3.49. The number of nitrogens with zero attached hydrogens (tertiary/aromatic N) is 4. The summed E-state index contributed by atoms with van der Waals surface area (Å²) in [7, 11) is 0. The van der Waals surface area contributed by atoms with Crippen molar-refractivity contribution >= 4 is 46.8 Å². The second-order valence-corrected chi connectivity index (χ2v) is 17.9. The number of amides is 5. The lowest BCUT2D eigenvalue weighted by atomic mass is 9.49. The maximum Gasteiger partial charge on any atom is 0.262 e. The molecule has 6 rings (SSSR count). The zero-order valence-electron chi connectivity index (χ0n) is 36.0. The monoisotopic (exact) mass is 868 g/mol. The van der Waals surface area contributed by atoms with E-state index >= 15 is 0 Å². The van der Waals surface area contributed by atoms with Crippen molar-refractivity contribution in [3.05, 3.63) is 94.6 Å². The van der Waals surface area contributed by atoms with E-state index in [2.05, 4.69) is 60.8 Å². The molecule has 3 aliphatic heterocycles. The van der Waals surface area contributed by atoms with Crippen LogP contribution in [0.15, 0.2) is 77.9 Å². The third-order valence-corrected chi connectivity index (χ3v) is 13.0. The first kappa shape index (κ1) is 46.2. The number of rotatable bonds is 18. The Hall–Kier alpha value is -5.33. The van der Waals surface area contributed by atoms with Gasteiger partial charge in [-0.1, -0.05) is 52.0 Å². The van der Waals surface area contributed by atoms with Gasteiger partial charge in [0.15, 0.2) is 0 Å². The molecule has 62 heavy (non-hydrogen) atoms. The van der Waals surface area contributed by atoms with Crippen molar-refractivity contribution < 1.29 is 38.6 Å². The number of carbonyl (C=O) groups is 5. The molecule has 15 heteroatoms. The van der Waals surface area contributed by atoms with E-state index in [1.165, 1.54) is 6.08 Å². The minimum Gasteiger partial charge on any atom is -0.494 e. The van der Waals surface area contributed by atoms with Gasteiger partial charge in [-0.3, -0.25) is 39.1 Å². The number of unbranched alkanes of at least 4 members (excludes halogenated alkanes) is 2. The van der Waals surface area contributed by atoms with E-state index in [-0.39, 0.29) is 72.1 Å². The van der Waals surface area contributed by atoms with Crippen LogP contribution in [0.2, 0.25) is 0 Å². The Balaban J connectivity index is 0.933. The lowest BCUT2D eigenvalue weighted by molar-refractivity contribution is -0.203.